The molecule has 6 nitrogen and oxygen atoms in total. The summed E-state index contributed by atoms with van der Waals surface area (Å²) in [5.74, 6) is 0.452. The van der Waals surface area contributed by atoms with Gasteiger partial charge >= 0.3 is 0 Å². The van der Waals surface area contributed by atoms with Gasteiger partial charge in [-0.2, -0.15) is 0 Å². The van der Waals surface area contributed by atoms with E-state index in [1.54, 1.807) is 0 Å². The molecule has 0 aliphatic heterocycles. The maximum absolute atomic E-state index is 4.31. The van der Waals surface area contributed by atoms with Crippen LogP contribution in [0.5, 0.6) is 0 Å². The lowest BCUT2D eigenvalue weighted by Crippen LogP contribution is -2.11. The van der Waals surface area contributed by atoms with E-state index in [9.17, 15) is 0 Å². The Morgan fingerprint density at radius 2 is 1.14 bits per heavy atom. The van der Waals surface area contributed by atoms with E-state index in [1.807, 2.05) is 9.36 Å². The molecule has 3 rings (SSSR count). The number of hydrogen-bond acceptors (Lipinski definition) is 4. The molecule has 0 atom stereocenters. The van der Waals surface area contributed by atoms with Crippen molar-refractivity contribution in [2.45, 2.75) is 123 Å². The van der Waals surface area contributed by atoms with Gasteiger partial charge in [0.15, 0.2) is 0 Å². The van der Waals surface area contributed by atoms with Crippen molar-refractivity contribution in [1.29, 1.82) is 0 Å². The van der Waals surface area contributed by atoms with Crippen molar-refractivity contribution in [2.75, 3.05) is 0 Å². The first-order valence-corrected chi connectivity index (χ1v) is 13.7. The normalized spacial score (nSPS) is 12.1. The average molecular weight is 479 g/mol. The monoisotopic (exact) mass is 478 g/mol. The lowest BCUT2D eigenvalue weighted by Gasteiger charge is -2.12. The van der Waals surface area contributed by atoms with Crippen molar-refractivity contribution < 1.29 is 0 Å². The molecule has 0 spiro atoms. The second kappa shape index (κ2) is 13.6. The maximum Gasteiger partial charge on any atom is 0.0880 e. The molecular formula is C29H46N6. The van der Waals surface area contributed by atoms with E-state index >= 15 is 0 Å². The second-order valence-corrected chi connectivity index (χ2v) is 11.3. The summed E-state index contributed by atoms with van der Waals surface area (Å²) in [6, 6.07) is 9.32. The largest absolute Gasteiger partial charge is 0.252 e. The Bertz CT molecular complexity index is 977. The van der Waals surface area contributed by atoms with E-state index in [0.717, 1.165) is 24.5 Å². The molecule has 2 heterocycles. The van der Waals surface area contributed by atoms with E-state index in [2.05, 4.69) is 91.9 Å². The molecular weight excluding hydrogens is 432 g/mol. The summed E-state index contributed by atoms with van der Waals surface area (Å²) in [5, 5.41) is 17.0. The maximum atomic E-state index is 4.31. The molecule has 1 aromatic carbocycles. The van der Waals surface area contributed by atoms with Crippen molar-refractivity contribution >= 4 is 0 Å². The van der Waals surface area contributed by atoms with Gasteiger partial charge in [-0.3, -0.25) is 9.36 Å². The third-order valence-corrected chi connectivity index (χ3v) is 6.68. The van der Waals surface area contributed by atoms with Crippen LogP contribution in [-0.2, 0) is 31.3 Å². The fourth-order valence-corrected chi connectivity index (χ4v) is 4.22. The van der Waals surface area contributed by atoms with Crippen LogP contribution >= 0.6 is 0 Å². The summed E-state index contributed by atoms with van der Waals surface area (Å²) in [6.45, 7) is 12.8. The topological polar surface area (TPSA) is 61.4 Å². The summed E-state index contributed by atoms with van der Waals surface area (Å²) < 4.78 is 3.99. The Kier molecular flexibility index (Phi) is 10.5. The van der Waals surface area contributed by atoms with Gasteiger partial charge in [0.1, 0.15) is 0 Å². The van der Waals surface area contributed by atoms with Crippen molar-refractivity contribution in [2.24, 2.45) is 0 Å². The van der Waals surface area contributed by atoms with Crippen LogP contribution in [0.3, 0.4) is 0 Å². The molecule has 0 saturated heterocycles. The molecule has 6 heteroatoms. The first-order valence-electron chi connectivity index (χ1n) is 13.7. The molecule has 0 saturated carbocycles. The Morgan fingerprint density at radius 3 is 1.60 bits per heavy atom. The lowest BCUT2D eigenvalue weighted by molar-refractivity contribution is 0.522. The molecule has 35 heavy (non-hydrogen) atoms. The first kappa shape index (κ1) is 27.1. The molecule has 0 fully saturated rings. The molecule has 0 N–H and O–H groups in total. The van der Waals surface area contributed by atoms with Gasteiger partial charge in [0.2, 0.25) is 0 Å². The van der Waals surface area contributed by atoms with Gasteiger partial charge in [-0.25, -0.2) is 0 Å². The van der Waals surface area contributed by atoms with Crippen LogP contribution in [0.15, 0.2) is 36.7 Å². The van der Waals surface area contributed by atoms with E-state index in [4.69, 9.17) is 0 Å². The smallest absolute Gasteiger partial charge is 0.0880 e. The van der Waals surface area contributed by atoms with Gasteiger partial charge in [0.25, 0.3) is 0 Å². The fraction of sp³-hybridized carbons (Fsp3) is 0.655. The number of benzene rings is 1. The summed E-state index contributed by atoms with van der Waals surface area (Å²) in [7, 11) is 0. The molecule has 2 aromatic heterocycles. The third kappa shape index (κ3) is 9.58. The molecule has 0 radical (unpaired) electrons. The second-order valence-electron chi connectivity index (χ2n) is 11.3. The molecule has 3 aromatic rings. The van der Waals surface area contributed by atoms with Crippen molar-refractivity contribution in [3.63, 3.8) is 0 Å². The summed E-state index contributed by atoms with van der Waals surface area (Å²) in [4.78, 5) is 0. The van der Waals surface area contributed by atoms with Crippen LogP contribution in [0.1, 0.15) is 114 Å². The lowest BCUT2D eigenvalue weighted by atomic mass is 9.93. The van der Waals surface area contributed by atoms with Gasteiger partial charge in [0, 0.05) is 30.9 Å². The molecule has 0 bridgehead atoms. The predicted molar refractivity (Wildman–Crippen MR) is 144 cm³/mol. The Hall–Kier alpha value is -2.50. The highest BCUT2D eigenvalue weighted by Gasteiger charge is 2.17. The summed E-state index contributed by atoms with van der Waals surface area (Å²) in [5.41, 5.74) is 5.17. The SMILES string of the molecule is CC(C)c1cn(CCCCCCc2ccc(CCCCCCn3cc(C(C)(C)C)nn3)cc2)nn1. The van der Waals surface area contributed by atoms with Gasteiger partial charge in [-0.05, 0) is 55.6 Å². The molecule has 0 amide bonds. The van der Waals surface area contributed by atoms with Crippen molar-refractivity contribution in [3.8, 4) is 0 Å². The molecule has 192 valence electrons. The third-order valence-electron chi connectivity index (χ3n) is 6.68. The highest BCUT2D eigenvalue weighted by atomic mass is 15.4. The quantitative estimate of drug-likeness (QED) is 0.223. The summed E-state index contributed by atoms with van der Waals surface area (Å²) >= 11 is 0. The van der Waals surface area contributed by atoms with Crippen LogP contribution in [0.2, 0.25) is 0 Å². The zero-order chi connectivity index (χ0) is 25.1. The zero-order valence-electron chi connectivity index (χ0n) is 22.7. The number of rotatable bonds is 15. The number of aromatic nitrogens is 6. The summed E-state index contributed by atoms with van der Waals surface area (Å²) in [6.07, 6.45) is 16.5. The Labute approximate surface area is 212 Å². The molecule has 0 aliphatic carbocycles. The predicted octanol–water partition coefficient (Wildman–Crippen LogP) is 6.90. The van der Waals surface area contributed by atoms with Crippen LogP contribution < -0.4 is 0 Å². The zero-order valence-corrected chi connectivity index (χ0v) is 22.7. The van der Waals surface area contributed by atoms with Gasteiger partial charge in [-0.15, -0.1) is 10.2 Å². The van der Waals surface area contributed by atoms with Crippen LogP contribution in [0.4, 0.5) is 0 Å². The van der Waals surface area contributed by atoms with Crippen LogP contribution in [0.25, 0.3) is 0 Å². The van der Waals surface area contributed by atoms with E-state index in [-0.39, 0.29) is 5.41 Å². The Balaban J connectivity index is 1.21. The average Bonchev–Trinajstić information content (AvgIpc) is 3.49. The van der Waals surface area contributed by atoms with E-state index in [1.165, 1.54) is 75.3 Å². The van der Waals surface area contributed by atoms with Crippen molar-refractivity contribution in [1.82, 2.24) is 30.0 Å². The van der Waals surface area contributed by atoms with Crippen molar-refractivity contribution in [3.05, 3.63) is 59.2 Å². The van der Waals surface area contributed by atoms with Gasteiger partial charge in [0.05, 0.1) is 11.4 Å². The van der Waals surface area contributed by atoms with Gasteiger partial charge in [-0.1, -0.05) is 95.0 Å². The minimum absolute atomic E-state index is 0.0744. The first-order chi connectivity index (χ1) is 16.8. The molecule has 0 aliphatic rings. The minimum Gasteiger partial charge on any atom is -0.252 e. The Morgan fingerprint density at radius 1 is 0.657 bits per heavy atom. The standard InChI is InChI=1S/C29H46N6/c1-24(2)27-22-34(32-30-27)20-12-8-6-10-14-25-16-18-26(19-17-25)15-11-7-9-13-21-35-23-28(31-33-35)29(3,4)5/h16-19,22-24H,6-15,20-21H2,1-5H3. The van der Waals surface area contributed by atoms with Crippen LogP contribution in [-0.4, -0.2) is 30.0 Å². The van der Waals surface area contributed by atoms with Crippen LogP contribution in [0, 0.1) is 0 Å². The van der Waals surface area contributed by atoms with E-state index < -0.39 is 0 Å². The fourth-order valence-electron chi connectivity index (χ4n) is 4.22. The minimum atomic E-state index is 0.0744. The van der Waals surface area contributed by atoms with Gasteiger partial charge < -0.3 is 0 Å². The number of nitrogens with zero attached hydrogens (tertiary/aromatic N) is 6. The van der Waals surface area contributed by atoms with E-state index in [0.29, 0.717) is 5.92 Å². The molecule has 0 unspecified atom stereocenters. The number of hydrogen-bond donors (Lipinski definition) is 0. The number of unbranched alkanes of at least 4 members (excludes halogenated alkanes) is 6. The highest BCUT2D eigenvalue weighted by molar-refractivity contribution is 5.22. The number of aryl methyl sites for hydroxylation is 4. The highest BCUT2D eigenvalue weighted by Crippen LogP contribution is 2.19.